The average Bonchev–Trinajstić information content (AvgIpc) is 2.27. The van der Waals surface area contributed by atoms with E-state index in [4.69, 9.17) is 0 Å². The van der Waals surface area contributed by atoms with Crippen LogP contribution in [0.15, 0.2) is 17.0 Å². The van der Waals surface area contributed by atoms with Crippen LogP contribution < -0.4 is 4.72 Å². The van der Waals surface area contributed by atoms with Crippen molar-refractivity contribution in [3.05, 3.63) is 29.1 Å². The van der Waals surface area contributed by atoms with Gasteiger partial charge >= 0.3 is 0 Å². The Bertz CT molecular complexity index is 540. The van der Waals surface area contributed by atoms with Crippen molar-refractivity contribution in [2.45, 2.75) is 56.9 Å². The van der Waals surface area contributed by atoms with Gasteiger partial charge in [-0.25, -0.2) is 17.5 Å². The number of hydrogen-bond acceptors (Lipinski definition) is 2. The zero-order valence-corrected chi connectivity index (χ0v) is 12.2. The molecule has 1 saturated carbocycles. The third-order valence-electron chi connectivity index (χ3n) is 3.62. The molecule has 0 aromatic heterocycles. The lowest BCUT2D eigenvalue weighted by atomic mass is 9.96. The molecular weight excluding hydrogens is 265 g/mol. The van der Waals surface area contributed by atoms with E-state index in [-0.39, 0.29) is 10.9 Å². The van der Waals surface area contributed by atoms with Crippen LogP contribution in [-0.2, 0) is 10.0 Å². The summed E-state index contributed by atoms with van der Waals surface area (Å²) in [6, 6.07) is 2.55. The van der Waals surface area contributed by atoms with Crippen LogP contribution in [0.5, 0.6) is 0 Å². The van der Waals surface area contributed by atoms with Crippen LogP contribution in [-0.4, -0.2) is 14.5 Å². The van der Waals surface area contributed by atoms with Gasteiger partial charge in [-0.1, -0.05) is 19.3 Å². The second-order valence-electron chi connectivity index (χ2n) is 5.32. The molecule has 1 N–H and O–H groups in total. The standard InChI is InChI=1S/C14H20FNO2S/c1-10-8-12(15)9-11(2)14(10)19(17,18)16-13-6-4-3-5-7-13/h8-9,13,16H,3-7H2,1-2H3. The first-order chi connectivity index (χ1) is 8.90. The molecule has 2 rings (SSSR count). The van der Waals surface area contributed by atoms with E-state index in [1.165, 1.54) is 18.6 Å². The first kappa shape index (κ1) is 14.5. The van der Waals surface area contributed by atoms with E-state index in [1.54, 1.807) is 13.8 Å². The van der Waals surface area contributed by atoms with Gasteiger partial charge in [-0.3, -0.25) is 0 Å². The summed E-state index contributed by atoms with van der Waals surface area (Å²) in [7, 11) is -3.55. The van der Waals surface area contributed by atoms with E-state index in [9.17, 15) is 12.8 Å². The van der Waals surface area contributed by atoms with Crippen LogP contribution in [0.3, 0.4) is 0 Å². The molecule has 0 heterocycles. The van der Waals surface area contributed by atoms with Crippen molar-refractivity contribution in [1.82, 2.24) is 4.72 Å². The molecule has 1 aliphatic carbocycles. The number of aryl methyl sites for hydroxylation is 2. The SMILES string of the molecule is Cc1cc(F)cc(C)c1S(=O)(=O)NC1CCCCC1. The first-order valence-corrected chi connectivity index (χ1v) is 8.17. The van der Waals surface area contributed by atoms with Gasteiger partial charge in [-0.15, -0.1) is 0 Å². The molecule has 0 aliphatic heterocycles. The molecule has 0 spiro atoms. The van der Waals surface area contributed by atoms with Gasteiger partial charge in [0.05, 0.1) is 4.90 Å². The van der Waals surface area contributed by atoms with Crippen molar-refractivity contribution in [1.29, 1.82) is 0 Å². The van der Waals surface area contributed by atoms with Crippen molar-refractivity contribution in [3.8, 4) is 0 Å². The number of rotatable bonds is 3. The second kappa shape index (κ2) is 5.59. The molecule has 0 amide bonds. The predicted octanol–water partition coefficient (Wildman–Crippen LogP) is 3.05. The molecule has 106 valence electrons. The second-order valence-corrected chi connectivity index (χ2v) is 6.98. The maximum Gasteiger partial charge on any atom is 0.241 e. The van der Waals surface area contributed by atoms with Gasteiger partial charge in [-0.05, 0) is 49.9 Å². The van der Waals surface area contributed by atoms with Gasteiger partial charge in [0.1, 0.15) is 5.82 Å². The first-order valence-electron chi connectivity index (χ1n) is 6.69. The fraction of sp³-hybridized carbons (Fsp3) is 0.571. The minimum Gasteiger partial charge on any atom is -0.208 e. The van der Waals surface area contributed by atoms with E-state index in [2.05, 4.69) is 4.72 Å². The van der Waals surface area contributed by atoms with Gasteiger partial charge in [0.15, 0.2) is 0 Å². The van der Waals surface area contributed by atoms with Crippen LogP contribution in [0.1, 0.15) is 43.2 Å². The number of hydrogen-bond donors (Lipinski definition) is 1. The summed E-state index contributed by atoms with van der Waals surface area (Å²) >= 11 is 0. The average molecular weight is 285 g/mol. The Kier molecular flexibility index (Phi) is 4.26. The van der Waals surface area contributed by atoms with Crippen LogP contribution in [0.2, 0.25) is 0 Å². The number of sulfonamides is 1. The maximum absolute atomic E-state index is 13.2. The third-order valence-corrected chi connectivity index (χ3v) is 5.45. The summed E-state index contributed by atoms with van der Waals surface area (Å²) in [5.41, 5.74) is 0.918. The van der Waals surface area contributed by atoms with Crippen LogP contribution in [0, 0.1) is 19.7 Å². The quantitative estimate of drug-likeness (QED) is 0.927. The van der Waals surface area contributed by atoms with Gasteiger partial charge in [0.25, 0.3) is 0 Å². The molecule has 3 nitrogen and oxygen atoms in total. The summed E-state index contributed by atoms with van der Waals surface area (Å²) in [5, 5.41) is 0. The molecule has 1 fully saturated rings. The van der Waals surface area contributed by atoms with Gasteiger partial charge in [-0.2, -0.15) is 0 Å². The smallest absolute Gasteiger partial charge is 0.208 e. The highest BCUT2D eigenvalue weighted by atomic mass is 32.2. The minimum atomic E-state index is -3.55. The molecule has 0 saturated heterocycles. The largest absolute Gasteiger partial charge is 0.241 e. The Balaban J connectivity index is 2.29. The van der Waals surface area contributed by atoms with Gasteiger partial charge in [0, 0.05) is 6.04 Å². The van der Waals surface area contributed by atoms with Crippen LogP contribution in [0.4, 0.5) is 4.39 Å². The zero-order valence-electron chi connectivity index (χ0n) is 11.4. The molecular formula is C14H20FNO2S. The van der Waals surface area contributed by atoms with E-state index in [0.717, 1.165) is 25.7 Å². The Hall–Kier alpha value is -0.940. The summed E-state index contributed by atoms with van der Waals surface area (Å²) in [6.07, 6.45) is 5.08. The molecule has 0 radical (unpaired) electrons. The van der Waals surface area contributed by atoms with Crippen LogP contribution >= 0.6 is 0 Å². The summed E-state index contributed by atoms with van der Waals surface area (Å²) < 4.78 is 40.8. The predicted molar refractivity (Wildman–Crippen MR) is 73.1 cm³/mol. The van der Waals surface area contributed by atoms with E-state index in [0.29, 0.717) is 11.1 Å². The molecule has 0 bridgehead atoms. The Morgan fingerprint density at radius 2 is 1.63 bits per heavy atom. The monoisotopic (exact) mass is 285 g/mol. The minimum absolute atomic E-state index is 0.0163. The number of nitrogens with one attached hydrogen (secondary N) is 1. The molecule has 1 aromatic rings. The number of benzene rings is 1. The number of halogens is 1. The lowest BCUT2D eigenvalue weighted by Crippen LogP contribution is -2.36. The van der Waals surface area contributed by atoms with Crippen molar-refractivity contribution < 1.29 is 12.8 Å². The third kappa shape index (κ3) is 3.34. The highest BCUT2D eigenvalue weighted by Crippen LogP contribution is 2.24. The van der Waals surface area contributed by atoms with Crippen molar-refractivity contribution >= 4 is 10.0 Å². The van der Waals surface area contributed by atoms with Crippen molar-refractivity contribution in [2.75, 3.05) is 0 Å². The highest BCUT2D eigenvalue weighted by Gasteiger charge is 2.25. The van der Waals surface area contributed by atoms with Crippen molar-refractivity contribution in [3.63, 3.8) is 0 Å². The molecule has 0 atom stereocenters. The summed E-state index contributed by atoms with van der Waals surface area (Å²) in [6.45, 7) is 3.26. The molecule has 5 heteroatoms. The highest BCUT2D eigenvalue weighted by molar-refractivity contribution is 7.89. The fourth-order valence-electron chi connectivity index (χ4n) is 2.82. The molecule has 1 aromatic carbocycles. The van der Waals surface area contributed by atoms with E-state index in [1.807, 2.05) is 0 Å². The molecule has 1 aliphatic rings. The summed E-state index contributed by atoms with van der Waals surface area (Å²) in [5.74, 6) is -0.397. The van der Waals surface area contributed by atoms with E-state index < -0.39 is 15.8 Å². The van der Waals surface area contributed by atoms with Crippen LogP contribution in [0.25, 0.3) is 0 Å². The summed E-state index contributed by atoms with van der Waals surface area (Å²) in [4.78, 5) is 0.222. The van der Waals surface area contributed by atoms with Gasteiger partial charge < -0.3 is 0 Å². The maximum atomic E-state index is 13.2. The zero-order chi connectivity index (χ0) is 14.0. The normalized spacial score (nSPS) is 17.6. The van der Waals surface area contributed by atoms with Gasteiger partial charge in [0.2, 0.25) is 10.0 Å². The Morgan fingerprint density at radius 3 is 2.16 bits per heavy atom. The van der Waals surface area contributed by atoms with E-state index >= 15 is 0 Å². The molecule has 19 heavy (non-hydrogen) atoms. The van der Waals surface area contributed by atoms with Crippen molar-refractivity contribution in [2.24, 2.45) is 0 Å². The lowest BCUT2D eigenvalue weighted by molar-refractivity contribution is 0.412. The Morgan fingerprint density at radius 1 is 1.11 bits per heavy atom. The Labute approximate surface area is 114 Å². The fourth-order valence-corrected chi connectivity index (χ4v) is 4.58. The topological polar surface area (TPSA) is 46.2 Å². The lowest BCUT2D eigenvalue weighted by Gasteiger charge is -2.23. The molecule has 0 unspecified atom stereocenters.